The van der Waals surface area contributed by atoms with Gasteiger partial charge in [-0.3, -0.25) is 4.79 Å². The zero-order valence-corrected chi connectivity index (χ0v) is 43.8. The quantitative estimate of drug-likeness (QED) is 0.0172. The first-order chi connectivity index (χ1) is 34.1. The molecule has 14 nitrogen and oxygen atoms in total. The lowest BCUT2D eigenvalue weighted by molar-refractivity contribution is -0.332. The fourth-order valence-electron chi connectivity index (χ4n) is 8.78. The van der Waals surface area contributed by atoms with E-state index in [1.165, 1.54) is 128 Å². The van der Waals surface area contributed by atoms with E-state index < -0.39 is 80.7 Å². The van der Waals surface area contributed by atoms with E-state index in [4.69, 9.17) is 28.4 Å². The van der Waals surface area contributed by atoms with Crippen LogP contribution in [0.1, 0.15) is 213 Å². The molecule has 0 aromatic rings. The largest absolute Gasteiger partial charge is 0.457 e. The van der Waals surface area contributed by atoms with Crippen LogP contribution in [-0.4, -0.2) is 142 Å². The maximum absolute atomic E-state index is 13.1. The number of allylic oxidation sites excluding steroid dienone is 6. The minimum absolute atomic E-state index is 0.0568. The molecule has 11 atom stereocenters. The fourth-order valence-corrected chi connectivity index (χ4v) is 8.78. The zero-order valence-electron chi connectivity index (χ0n) is 43.8. The summed E-state index contributed by atoms with van der Waals surface area (Å²) in [5, 5.41) is 72.2. The van der Waals surface area contributed by atoms with Crippen molar-refractivity contribution in [3.63, 3.8) is 0 Å². The minimum Gasteiger partial charge on any atom is -0.457 e. The number of aliphatic hydroxyl groups excluding tert-OH is 7. The summed E-state index contributed by atoms with van der Waals surface area (Å²) in [6, 6.07) is 0. The van der Waals surface area contributed by atoms with Crippen LogP contribution in [0.2, 0.25) is 0 Å². The highest BCUT2D eigenvalue weighted by molar-refractivity contribution is 5.69. The molecule has 70 heavy (non-hydrogen) atoms. The molecule has 0 aliphatic carbocycles. The summed E-state index contributed by atoms with van der Waals surface area (Å²) < 4.78 is 34.3. The first kappa shape index (κ1) is 64.3. The summed E-state index contributed by atoms with van der Waals surface area (Å²) in [5.41, 5.74) is 0. The highest BCUT2D eigenvalue weighted by atomic mass is 16.7. The second-order valence-electron chi connectivity index (χ2n) is 19.8. The second kappa shape index (κ2) is 43.6. The van der Waals surface area contributed by atoms with E-state index in [0.29, 0.717) is 13.0 Å². The Bertz CT molecular complexity index is 1300. The third-order valence-corrected chi connectivity index (χ3v) is 13.4. The maximum atomic E-state index is 13.1. The third kappa shape index (κ3) is 30.4. The van der Waals surface area contributed by atoms with Crippen LogP contribution in [0.25, 0.3) is 0 Å². The van der Waals surface area contributed by atoms with Crippen molar-refractivity contribution in [3.05, 3.63) is 36.5 Å². The van der Waals surface area contributed by atoms with Gasteiger partial charge in [-0.2, -0.15) is 0 Å². The lowest BCUT2D eigenvalue weighted by Gasteiger charge is -2.42. The van der Waals surface area contributed by atoms with E-state index in [0.717, 1.165) is 57.8 Å². The summed E-state index contributed by atoms with van der Waals surface area (Å²) in [7, 11) is 0. The van der Waals surface area contributed by atoms with Gasteiger partial charge in [0, 0.05) is 13.0 Å². The second-order valence-corrected chi connectivity index (χ2v) is 19.8. The molecule has 0 bridgehead atoms. The number of esters is 1. The SMILES string of the molecule is CCCCCCC/C=C\C/C=C\CCCCCCCCCCCC(=O)OC(COCCCCCCCC/C=C\CCCCCCC)COC1OC(COC2OC(CO)C(O)C(O)C2O)C(O)C(O)C1O. The lowest BCUT2D eigenvalue weighted by Crippen LogP contribution is -2.61. The first-order valence-corrected chi connectivity index (χ1v) is 28.1. The topological polar surface area (TPSA) is 214 Å². The first-order valence-electron chi connectivity index (χ1n) is 28.1. The minimum atomic E-state index is -1.71. The van der Waals surface area contributed by atoms with Crippen LogP contribution in [-0.2, 0) is 33.2 Å². The molecule has 0 aromatic carbocycles. The van der Waals surface area contributed by atoms with E-state index >= 15 is 0 Å². The van der Waals surface area contributed by atoms with Gasteiger partial charge in [0.25, 0.3) is 0 Å². The van der Waals surface area contributed by atoms with Gasteiger partial charge < -0.3 is 64.2 Å². The van der Waals surface area contributed by atoms with Crippen LogP contribution < -0.4 is 0 Å². The van der Waals surface area contributed by atoms with Gasteiger partial charge in [-0.05, 0) is 70.6 Å². The molecule has 2 saturated heterocycles. The van der Waals surface area contributed by atoms with Crippen LogP contribution in [0.3, 0.4) is 0 Å². The fraction of sp³-hybridized carbons (Fsp3) is 0.875. The summed E-state index contributed by atoms with van der Waals surface area (Å²) in [6.07, 6.45) is 33.4. The van der Waals surface area contributed by atoms with Crippen LogP contribution in [0.15, 0.2) is 36.5 Å². The Morgan fingerprint density at radius 2 is 0.886 bits per heavy atom. The van der Waals surface area contributed by atoms with E-state index in [2.05, 4.69) is 50.3 Å². The van der Waals surface area contributed by atoms with Crippen LogP contribution in [0.4, 0.5) is 0 Å². The normalized spacial score (nSPS) is 25.7. The molecule has 2 rings (SSSR count). The van der Waals surface area contributed by atoms with Crippen molar-refractivity contribution < 1.29 is 69.0 Å². The molecule has 0 spiro atoms. The molecule has 11 unspecified atom stereocenters. The predicted molar refractivity (Wildman–Crippen MR) is 275 cm³/mol. The summed E-state index contributed by atoms with van der Waals surface area (Å²) in [5.74, 6) is -0.381. The molecule has 2 fully saturated rings. The number of hydrogen-bond acceptors (Lipinski definition) is 14. The average Bonchev–Trinajstić information content (AvgIpc) is 3.36. The van der Waals surface area contributed by atoms with Crippen LogP contribution >= 0.6 is 0 Å². The van der Waals surface area contributed by atoms with E-state index in [1.54, 1.807) is 0 Å². The van der Waals surface area contributed by atoms with Gasteiger partial charge in [-0.1, -0.05) is 172 Å². The van der Waals surface area contributed by atoms with Crippen molar-refractivity contribution in [1.82, 2.24) is 0 Å². The molecule has 2 aliphatic heterocycles. The number of carbonyl (C=O) groups excluding carboxylic acids is 1. The Hall–Kier alpha value is -1.79. The monoisotopic (exact) mass is 999 g/mol. The molecule has 0 aromatic heterocycles. The van der Waals surface area contributed by atoms with Gasteiger partial charge in [0.15, 0.2) is 12.6 Å². The number of ether oxygens (including phenoxy) is 6. The Morgan fingerprint density at radius 1 is 0.471 bits per heavy atom. The molecule has 2 heterocycles. The zero-order chi connectivity index (χ0) is 50.9. The molecule has 2 aliphatic rings. The molecule has 0 radical (unpaired) electrons. The molecule has 7 N–H and O–H groups in total. The van der Waals surface area contributed by atoms with Gasteiger partial charge >= 0.3 is 5.97 Å². The van der Waals surface area contributed by atoms with Crippen LogP contribution in [0, 0.1) is 0 Å². The van der Waals surface area contributed by atoms with Crippen LogP contribution in [0.5, 0.6) is 0 Å². The van der Waals surface area contributed by atoms with Crippen molar-refractivity contribution in [2.24, 2.45) is 0 Å². The summed E-state index contributed by atoms with van der Waals surface area (Å²) in [6.45, 7) is 3.67. The van der Waals surface area contributed by atoms with Gasteiger partial charge in [0.05, 0.1) is 26.4 Å². The van der Waals surface area contributed by atoms with Gasteiger partial charge in [0.2, 0.25) is 0 Å². The third-order valence-electron chi connectivity index (χ3n) is 13.4. The smallest absolute Gasteiger partial charge is 0.306 e. The number of aliphatic hydroxyl groups is 7. The predicted octanol–water partition coefficient (Wildman–Crippen LogP) is 9.36. The molecular weight excluding hydrogens is 897 g/mol. The summed E-state index contributed by atoms with van der Waals surface area (Å²) in [4.78, 5) is 13.1. The lowest BCUT2D eigenvalue weighted by atomic mass is 9.98. The van der Waals surface area contributed by atoms with Crippen molar-refractivity contribution in [1.29, 1.82) is 0 Å². The van der Waals surface area contributed by atoms with Crippen molar-refractivity contribution in [3.8, 4) is 0 Å². The Morgan fingerprint density at radius 3 is 1.39 bits per heavy atom. The Kier molecular flexibility index (Phi) is 40.1. The van der Waals surface area contributed by atoms with Crippen molar-refractivity contribution >= 4 is 5.97 Å². The number of rotatable bonds is 45. The van der Waals surface area contributed by atoms with Gasteiger partial charge in [-0.25, -0.2) is 0 Å². The van der Waals surface area contributed by atoms with Crippen molar-refractivity contribution in [2.45, 2.75) is 280 Å². The Labute approximate surface area is 423 Å². The summed E-state index contributed by atoms with van der Waals surface area (Å²) >= 11 is 0. The molecule has 14 heteroatoms. The number of carbonyl (C=O) groups is 1. The van der Waals surface area contributed by atoms with E-state index in [-0.39, 0.29) is 25.6 Å². The average molecular weight is 999 g/mol. The number of unbranched alkanes of at least 4 members (excludes halogenated alkanes) is 25. The number of hydrogen-bond donors (Lipinski definition) is 7. The van der Waals surface area contributed by atoms with Crippen molar-refractivity contribution in [2.75, 3.05) is 33.0 Å². The van der Waals surface area contributed by atoms with Gasteiger partial charge in [-0.15, -0.1) is 0 Å². The highest BCUT2D eigenvalue weighted by Gasteiger charge is 2.47. The van der Waals surface area contributed by atoms with Gasteiger partial charge in [0.1, 0.15) is 54.9 Å². The van der Waals surface area contributed by atoms with E-state index in [9.17, 15) is 40.5 Å². The molecule has 0 amide bonds. The molecular formula is C56H102O14. The standard InChI is InChI=1S/C56H102O14/c1-3-5-7-9-11-13-15-17-19-20-21-22-23-24-25-27-29-31-33-35-37-39-48(58)68-45(42-65-40-38-36-34-32-30-28-26-18-16-14-12-10-8-6-4-2)43-66-55-54(64)52(62)50(60)47(70-55)44-67-56-53(63)51(61)49(59)46(41-57)69-56/h15-18,20-21,45-47,49-57,59-64H,3-14,19,22-44H2,1-2H3/b17-15-,18-16-,21-20-. The highest BCUT2D eigenvalue weighted by Crippen LogP contribution is 2.26. The molecule has 0 saturated carbocycles. The Balaban J connectivity index is 1.73. The van der Waals surface area contributed by atoms with E-state index in [1.807, 2.05) is 0 Å². The molecule has 410 valence electrons. The maximum Gasteiger partial charge on any atom is 0.306 e.